The molecule has 100 valence electrons. The van der Waals surface area contributed by atoms with Gasteiger partial charge in [0.2, 0.25) is 0 Å². The third-order valence-corrected chi connectivity index (χ3v) is 3.01. The van der Waals surface area contributed by atoms with Crippen molar-refractivity contribution in [3.8, 4) is 5.75 Å². The highest BCUT2D eigenvalue weighted by Crippen LogP contribution is 2.29. The molecule has 0 aliphatic heterocycles. The number of hydrogen-bond acceptors (Lipinski definition) is 5. The highest BCUT2D eigenvalue weighted by molar-refractivity contribution is 5.97. The number of nitro groups is 1. The molecule has 0 unspecified atom stereocenters. The molecule has 0 spiro atoms. The number of carbonyl (C=O) groups excluding carboxylic acids is 1. The van der Waals surface area contributed by atoms with E-state index in [0.717, 1.165) is 18.4 Å². The molecule has 1 aromatic carbocycles. The quantitative estimate of drug-likeness (QED) is 0.512. The maximum absolute atomic E-state index is 11.5. The molecule has 0 heterocycles. The molecule has 1 aliphatic carbocycles. The lowest BCUT2D eigenvalue weighted by atomic mass is 10.2. The molecule has 6 nitrogen and oxygen atoms in total. The first-order valence-corrected chi connectivity index (χ1v) is 5.93. The Labute approximate surface area is 110 Å². The summed E-state index contributed by atoms with van der Waals surface area (Å²) >= 11 is 0. The van der Waals surface area contributed by atoms with Crippen molar-refractivity contribution in [2.24, 2.45) is 0 Å². The molecule has 0 bridgehead atoms. The van der Waals surface area contributed by atoms with E-state index in [-0.39, 0.29) is 11.5 Å². The number of ether oxygens (including phenoxy) is 1. The Balaban J connectivity index is 2.20. The fourth-order valence-corrected chi connectivity index (χ4v) is 1.97. The van der Waals surface area contributed by atoms with Crippen LogP contribution in [0.4, 0.5) is 11.4 Å². The minimum atomic E-state index is -0.481. The van der Waals surface area contributed by atoms with Crippen LogP contribution in [-0.4, -0.2) is 17.8 Å². The van der Waals surface area contributed by atoms with E-state index in [2.05, 4.69) is 5.32 Å². The number of ketones is 1. The Kier molecular flexibility index (Phi) is 3.79. The number of non-ortho nitro benzene ring substituents is 1. The summed E-state index contributed by atoms with van der Waals surface area (Å²) in [6, 6.07) is 4.30. The Hall–Kier alpha value is -2.37. The average molecular weight is 262 g/mol. The molecule has 1 aliphatic rings. The maximum Gasteiger partial charge on any atom is 0.273 e. The average Bonchev–Trinajstić information content (AvgIpc) is 2.81. The fraction of sp³-hybridized carbons (Fsp3) is 0.308. The summed E-state index contributed by atoms with van der Waals surface area (Å²) in [6.45, 7) is 0. The number of hydrogen-bond donors (Lipinski definition) is 1. The van der Waals surface area contributed by atoms with Crippen molar-refractivity contribution < 1.29 is 14.5 Å². The molecular formula is C13H14N2O4. The number of Topliss-reactive ketones (excluding diaryl/α,β-unsaturated/α-hetero) is 1. The summed E-state index contributed by atoms with van der Waals surface area (Å²) in [7, 11) is 1.44. The molecule has 2 rings (SSSR count). The summed E-state index contributed by atoms with van der Waals surface area (Å²) in [5.74, 6) is 0.518. The van der Waals surface area contributed by atoms with Crippen molar-refractivity contribution >= 4 is 17.2 Å². The molecule has 6 heteroatoms. The van der Waals surface area contributed by atoms with Crippen LogP contribution in [0.3, 0.4) is 0 Å². The number of methoxy groups -OCH3 is 1. The molecule has 0 saturated heterocycles. The molecule has 0 amide bonds. The highest BCUT2D eigenvalue weighted by atomic mass is 16.6. The van der Waals surface area contributed by atoms with Gasteiger partial charge in [-0.1, -0.05) is 0 Å². The van der Waals surface area contributed by atoms with Crippen LogP contribution >= 0.6 is 0 Å². The lowest BCUT2D eigenvalue weighted by Crippen LogP contribution is -1.99. The van der Waals surface area contributed by atoms with Gasteiger partial charge in [-0.3, -0.25) is 14.9 Å². The van der Waals surface area contributed by atoms with Crippen LogP contribution in [0.5, 0.6) is 5.75 Å². The predicted molar refractivity (Wildman–Crippen MR) is 70.2 cm³/mol. The minimum Gasteiger partial charge on any atom is -0.494 e. The second-order valence-electron chi connectivity index (χ2n) is 4.23. The highest BCUT2D eigenvalue weighted by Gasteiger charge is 2.17. The summed E-state index contributed by atoms with van der Waals surface area (Å²) in [5.41, 5.74) is 1.31. The van der Waals surface area contributed by atoms with Crippen molar-refractivity contribution in [2.75, 3.05) is 12.4 Å². The zero-order valence-electron chi connectivity index (χ0n) is 10.5. The van der Waals surface area contributed by atoms with Crippen molar-refractivity contribution in [1.82, 2.24) is 0 Å². The normalized spacial score (nSPS) is 16.7. The molecule has 1 aromatic rings. The van der Waals surface area contributed by atoms with E-state index >= 15 is 0 Å². The minimum absolute atomic E-state index is 0.0352. The number of nitro benzene ring substituents is 1. The lowest BCUT2D eigenvalue weighted by Gasteiger charge is -2.08. The van der Waals surface area contributed by atoms with Crippen molar-refractivity contribution in [3.63, 3.8) is 0 Å². The van der Waals surface area contributed by atoms with Crippen molar-refractivity contribution in [3.05, 3.63) is 40.1 Å². The van der Waals surface area contributed by atoms with Crippen LogP contribution in [0.2, 0.25) is 0 Å². The number of benzene rings is 1. The van der Waals surface area contributed by atoms with Gasteiger partial charge in [0, 0.05) is 24.3 Å². The third kappa shape index (κ3) is 2.90. The maximum atomic E-state index is 11.5. The first-order valence-electron chi connectivity index (χ1n) is 5.93. The zero-order valence-corrected chi connectivity index (χ0v) is 10.5. The molecular weight excluding hydrogens is 248 g/mol. The van der Waals surface area contributed by atoms with Gasteiger partial charge >= 0.3 is 0 Å². The Bertz CT molecular complexity index is 552. The zero-order chi connectivity index (χ0) is 13.8. The largest absolute Gasteiger partial charge is 0.494 e. The van der Waals surface area contributed by atoms with E-state index < -0.39 is 4.92 Å². The van der Waals surface area contributed by atoms with Gasteiger partial charge in [0.25, 0.3) is 5.69 Å². The third-order valence-electron chi connectivity index (χ3n) is 3.01. The predicted octanol–water partition coefficient (Wildman–Crippen LogP) is 2.65. The van der Waals surface area contributed by atoms with Crippen molar-refractivity contribution in [2.45, 2.75) is 19.3 Å². The van der Waals surface area contributed by atoms with Crippen LogP contribution in [0.25, 0.3) is 0 Å². The number of nitrogens with one attached hydrogen (secondary N) is 1. The van der Waals surface area contributed by atoms with Crippen LogP contribution in [-0.2, 0) is 4.79 Å². The lowest BCUT2D eigenvalue weighted by molar-refractivity contribution is -0.384. The van der Waals surface area contributed by atoms with E-state index in [1.807, 2.05) is 0 Å². The van der Waals surface area contributed by atoms with Crippen LogP contribution in [0.1, 0.15) is 19.3 Å². The second-order valence-corrected chi connectivity index (χ2v) is 4.23. The monoisotopic (exact) mass is 262 g/mol. The number of anilines is 1. The second kappa shape index (κ2) is 5.51. The van der Waals surface area contributed by atoms with Gasteiger partial charge in [-0.15, -0.1) is 0 Å². The van der Waals surface area contributed by atoms with Gasteiger partial charge in [0.15, 0.2) is 5.78 Å². The van der Waals surface area contributed by atoms with Crippen LogP contribution < -0.4 is 10.1 Å². The van der Waals surface area contributed by atoms with Gasteiger partial charge < -0.3 is 10.1 Å². The SMILES string of the molecule is COc1cc([N+](=O)[O-])ccc1N/C=C1/CCCC1=O. The molecule has 0 atom stereocenters. The molecule has 1 fully saturated rings. The Morgan fingerprint density at radius 1 is 1.42 bits per heavy atom. The van der Waals surface area contributed by atoms with Crippen LogP contribution in [0, 0.1) is 10.1 Å². The van der Waals surface area contributed by atoms with Gasteiger partial charge in [0.1, 0.15) is 5.75 Å². The molecule has 1 saturated carbocycles. The van der Waals surface area contributed by atoms with E-state index in [4.69, 9.17) is 4.74 Å². The number of allylic oxidation sites excluding steroid dienone is 1. The van der Waals surface area contributed by atoms with E-state index in [9.17, 15) is 14.9 Å². The van der Waals surface area contributed by atoms with E-state index in [1.54, 1.807) is 12.3 Å². The Morgan fingerprint density at radius 3 is 2.79 bits per heavy atom. The smallest absolute Gasteiger partial charge is 0.273 e. The van der Waals surface area contributed by atoms with Crippen LogP contribution in [0.15, 0.2) is 30.0 Å². The summed E-state index contributed by atoms with van der Waals surface area (Å²) in [4.78, 5) is 21.6. The fourth-order valence-electron chi connectivity index (χ4n) is 1.97. The molecule has 1 N–H and O–H groups in total. The number of carbonyl (C=O) groups is 1. The van der Waals surface area contributed by atoms with E-state index in [0.29, 0.717) is 17.9 Å². The Morgan fingerprint density at radius 2 is 2.21 bits per heavy atom. The summed E-state index contributed by atoms with van der Waals surface area (Å²) < 4.78 is 5.10. The summed E-state index contributed by atoms with van der Waals surface area (Å²) in [5, 5.41) is 13.6. The molecule has 0 aromatic heterocycles. The van der Waals surface area contributed by atoms with E-state index in [1.165, 1.54) is 19.2 Å². The first-order chi connectivity index (χ1) is 9.11. The van der Waals surface area contributed by atoms with Gasteiger partial charge in [-0.05, 0) is 18.9 Å². The first kappa shape index (κ1) is 13.1. The topological polar surface area (TPSA) is 81.5 Å². The number of rotatable bonds is 4. The van der Waals surface area contributed by atoms with Gasteiger partial charge in [-0.25, -0.2) is 0 Å². The standard InChI is InChI=1S/C13H14N2O4/c1-19-13-7-10(15(17)18)5-6-11(13)14-8-9-3-2-4-12(9)16/h5-8,14H,2-4H2,1H3/b9-8-. The van der Waals surface area contributed by atoms with Gasteiger partial charge in [0.05, 0.1) is 23.8 Å². The van der Waals surface area contributed by atoms with Gasteiger partial charge in [-0.2, -0.15) is 0 Å². The summed E-state index contributed by atoms with van der Waals surface area (Å²) in [6.07, 6.45) is 3.88. The number of nitrogens with zero attached hydrogens (tertiary/aromatic N) is 1. The van der Waals surface area contributed by atoms with Crippen molar-refractivity contribution in [1.29, 1.82) is 0 Å². The molecule has 0 radical (unpaired) electrons. The molecule has 19 heavy (non-hydrogen) atoms.